The normalized spacial score (nSPS) is 17.6. The molecule has 0 spiro atoms. The number of amides is 4. The van der Waals surface area contributed by atoms with Crippen LogP contribution >= 0.6 is 0 Å². The second kappa shape index (κ2) is 18.6. The van der Waals surface area contributed by atoms with Gasteiger partial charge in [-0.25, -0.2) is 47.5 Å². The van der Waals surface area contributed by atoms with Crippen molar-refractivity contribution < 1.29 is 72.7 Å². The quantitative estimate of drug-likeness (QED) is 0.107. The number of carbonyl (C=O) groups excluding carboxylic acids is 4. The largest absolute Gasteiger partial charge is 0.479 e. The topological polar surface area (TPSA) is 257 Å². The van der Waals surface area contributed by atoms with Crippen LogP contribution in [0.15, 0.2) is 53.9 Å². The monoisotopic (exact) mass is 737 g/mol. The van der Waals surface area contributed by atoms with Crippen LogP contribution in [0.2, 0.25) is 0 Å². The molecule has 3 unspecified atom stereocenters. The van der Waals surface area contributed by atoms with Crippen LogP contribution in [0.25, 0.3) is 0 Å². The van der Waals surface area contributed by atoms with Gasteiger partial charge in [0.15, 0.2) is 23.8 Å². The maximum Gasteiger partial charge on any atom is 0.355 e. The Balaban J connectivity index is 0.000000636. The number of nitrogens with one attached hydrogen (secondary N) is 1. The van der Waals surface area contributed by atoms with Crippen molar-refractivity contribution in [3.63, 3.8) is 0 Å². The molecule has 1 aromatic heterocycles. The highest BCUT2D eigenvalue weighted by Gasteiger charge is 2.46. The van der Waals surface area contributed by atoms with E-state index in [4.69, 9.17) is 25.2 Å². The van der Waals surface area contributed by atoms with Gasteiger partial charge in [0.2, 0.25) is 0 Å². The van der Waals surface area contributed by atoms with Crippen LogP contribution in [-0.4, -0.2) is 134 Å². The third kappa shape index (κ3) is 10.0. The fraction of sp³-hybridized carbons (Fsp3) is 0.406. The number of rotatable bonds is 11. The first-order chi connectivity index (χ1) is 24.6. The van der Waals surface area contributed by atoms with Crippen molar-refractivity contribution in [3.05, 3.63) is 76.8 Å². The first-order valence-electron chi connectivity index (χ1n) is 15.5. The summed E-state index contributed by atoms with van der Waals surface area (Å²) in [5, 5.41) is 45.6. The molecule has 52 heavy (non-hydrogen) atoms. The molecule has 0 radical (unpaired) electrons. The number of piperidine rings is 1. The average molecular weight is 738 g/mol. The highest BCUT2D eigenvalue weighted by Crippen LogP contribution is 2.36. The smallest absolute Gasteiger partial charge is 0.355 e. The number of hydrogen-bond acceptors (Lipinski definition) is 13. The van der Waals surface area contributed by atoms with Gasteiger partial charge in [-0.3, -0.25) is 10.2 Å². The molecule has 1 fully saturated rings. The summed E-state index contributed by atoms with van der Waals surface area (Å²) >= 11 is 0. The SMILES string of the molecule is COC(=O)C1=C(C(=O)OC)C(c2ccc(F)c(F)c2)N(C(=O)N(O)CCCN2CCC(c3ccccn3)CC2)C(=O)N1.O=C(O)C(O)C(O)C(=O)O. The molecule has 4 amide bonds. The van der Waals surface area contributed by atoms with E-state index in [9.17, 15) is 42.8 Å². The number of halogens is 2. The zero-order chi connectivity index (χ0) is 38.7. The number of aromatic nitrogens is 1. The number of hydrogen-bond donors (Lipinski definition) is 6. The molecule has 3 heterocycles. The van der Waals surface area contributed by atoms with Gasteiger partial charge >= 0.3 is 35.9 Å². The van der Waals surface area contributed by atoms with Crippen LogP contribution in [0.1, 0.15) is 42.5 Å². The van der Waals surface area contributed by atoms with Crippen molar-refractivity contribution in [1.82, 2.24) is 25.2 Å². The molecule has 4 rings (SSSR count). The van der Waals surface area contributed by atoms with E-state index in [1.807, 2.05) is 18.2 Å². The maximum atomic E-state index is 14.2. The number of nitrogens with zero attached hydrogens (tertiary/aromatic N) is 4. The van der Waals surface area contributed by atoms with E-state index in [0.717, 1.165) is 58.0 Å². The molecular weight excluding hydrogens is 700 g/mol. The van der Waals surface area contributed by atoms with E-state index in [-0.39, 0.29) is 12.1 Å². The minimum Gasteiger partial charge on any atom is -0.479 e. The predicted molar refractivity (Wildman–Crippen MR) is 169 cm³/mol. The van der Waals surface area contributed by atoms with Gasteiger partial charge in [0.25, 0.3) is 0 Å². The third-order valence-electron chi connectivity index (χ3n) is 8.08. The van der Waals surface area contributed by atoms with Crippen LogP contribution < -0.4 is 5.32 Å². The average Bonchev–Trinajstić information content (AvgIpc) is 3.14. The molecular formula is C32H37F2N5O13. The van der Waals surface area contributed by atoms with E-state index >= 15 is 0 Å². The lowest BCUT2D eigenvalue weighted by molar-refractivity contribution is -0.165. The predicted octanol–water partition coefficient (Wildman–Crippen LogP) is 0.985. The number of benzene rings is 1. The number of esters is 2. The molecule has 1 saturated heterocycles. The Morgan fingerprint density at radius 3 is 2.10 bits per heavy atom. The van der Waals surface area contributed by atoms with Crippen molar-refractivity contribution in [3.8, 4) is 0 Å². The molecule has 2 aliphatic rings. The fourth-order valence-electron chi connectivity index (χ4n) is 5.40. The van der Waals surface area contributed by atoms with Crippen molar-refractivity contribution in [2.75, 3.05) is 40.4 Å². The summed E-state index contributed by atoms with van der Waals surface area (Å²) in [5.74, 6) is -8.03. The number of ether oxygens (including phenoxy) is 2. The minimum atomic E-state index is -2.27. The third-order valence-corrected chi connectivity index (χ3v) is 8.08. The first-order valence-corrected chi connectivity index (χ1v) is 15.5. The van der Waals surface area contributed by atoms with Crippen LogP contribution in [0.5, 0.6) is 0 Å². The number of likely N-dealkylation sites (tertiary alicyclic amines) is 1. The Labute approximate surface area is 294 Å². The summed E-state index contributed by atoms with van der Waals surface area (Å²) in [7, 11) is 1.99. The number of imide groups is 1. The van der Waals surface area contributed by atoms with Gasteiger partial charge in [0.1, 0.15) is 11.7 Å². The zero-order valence-corrected chi connectivity index (χ0v) is 27.8. The summed E-state index contributed by atoms with van der Waals surface area (Å²) in [6, 6.07) is 4.06. The molecule has 2 aromatic rings. The Morgan fingerprint density at radius 2 is 1.58 bits per heavy atom. The first kappa shape index (κ1) is 40.9. The van der Waals surface area contributed by atoms with Crippen LogP contribution in [0.4, 0.5) is 18.4 Å². The summed E-state index contributed by atoms with van der Waals surface area (Å²) in [6.07, 6.45) is -0.597. The molecule has 18 nitrogen and oxygen atoms in total. The van der Waals surface area contributed by atoms with Gasteiger partial charge < -0.3 is 40.1 Å². The highest BCUT2D eigenvalue weighted by atomic mass is 19.2. The molecule has 1 aromatic carbocycles. The molecule has 20 heteroatoms. The lowest BCUT2D eigenvalue weighted by Gasteiger charge is -2.37. The number of urea groups is 2. The molecule has 6 N–H and O–H groups in total. The molecule has 0 aliphatic carbocycles. The van der Waals surface area contributed by atoms with Gasteiger partial charge in [-0.2, -0.15) is 0 Å². The lowest BCUT2D eigenvalue weighted by atomic mass is 9.93. The van der Waals surface area contributed by atoms with Crippen molar-refractivity contribution in [2.24, 2.45) is 0 Å². The van der Waals surface area contributed by atoms with Gasteiger partial charge in [0.05, 0.1) is 26.3 Å². The molecule has 0 saturated carbocycles. The Bertz CT molecular complexity index is 1650. The molecule has 2 aliphatic heterocycles. The highest BCUT2D eigenvalue weighted by molar-refractivity contribution is 6.08. The van der Waals surface area contributed by atoms with E-state index in [1.165, 1.54) is 0 Å². The van der Waals surface area contributed by atoms with Gasteiger partial charge in [-0.15, -0.1) is 0 Å². The van der Waals surface area contributed by atoms with Gasteiger partial charge in [0, 0.05) is 17.8 Å². The van der Waals surface area contributed by atoms with Crippen molar-refractivity contribution in [2.45, 2.75) is 43.4 Å². The minimum absolute atomic E-state index is 0.186. The fourth-order valence-corrected chi connectivity index (χ4v) is 5.40. The number of carbonyl (C=O) groups is 6. The van der Waals surface area contributed by atoms with Crippen LogP contribution in [0.3, 0.4) is 0 Å². The Kier molecular flexibility index (Phi) is 14.6. The van der Waals surface area contributed by atoms with E-state index in [2.05, 4.69) is 19.9 Å². The van der Waals surface area contributed by atoms with Gasteiger partial charge in [-0.1, -0.05) is 12.1 Å². The summed E-state index contributed by atoms with van der Waals surface area (Å²) in [4.78, 5) is 78.3. The summed E-state index contributed by atoms with van der Waals surface area (Å²) < 4.78 is 37.4. The van der Waals surface area contributed by atoms with Crippen LogP contribution in [-0.2, 0) is 28.7 Å². The summed E-state index contributed by atoms with van der Waals surface area (Å²) in [6.45, 7) is 1.97. The Hall–Kier alpha value is -5.57. The van der Waals surface area contributed by atoms with Crippen LogP contribution in [0, 0.1) is 11.6 Å². The van der Waals surface area contributed by atoms with Gasteiger partial charge in [-0.05, 0) is 68.7 Å². The summed E-state index contributed by atoms with van der Waals surface area (Å²) in [5.41, 5.74) is -0.405. The molecule has 3 atom stereocenters. The number of carboxylic acid groups (broad SMARTS) is 2. The van der Waals surface area contributed by atoms with E-state index in [0.29, 0.717) is 34.9 Å². The zero-order valence-electron chi connectivity index (χ0n) is 27.8. The number of pyridine rings is 1. The maximum absolute atomic E-state index is 14.2. The molecule has 282 valence electrons. The Morgan fingerprint density at radius 1 is 0.962 bits per heavy atom. The number of aliphatic hydroxyl groups excluding tert-OH is 2. The number of carboxylic acids is 2. The number of aliphatic carboxylic acids is 2. The second-order valence-electron chi connectivity index (χ2n) is 11.3. The number of hydroxylamine groups is 2. The second-order valence-corrected chi connectivity index (χ2v) is 11.3. The number of methoxy groups -OCH3 is 2. The van der Waals surface area contributed by atoms with Crippen molar-refractivity contribution in [1.29, 1.82) is 0 Å². The van der Waals surface area contributed by atoms with E-state index in [1.54, 1.807) is 6.20 Å². The molecule has 0 bridgehead atoms. The van der Waals surface area contributed by atoms with E-state index < -0.39 is 77.1 Å². The van der Waals surface area contributed by atoms with Crippen molar-refractivity contribution >= 4 is 35.9 Å². The standard InChI is InChI=1S/C28H31F2N5O7.C4H6O6/c1-41-25(36)22-23(26(37)42-2)32-27(38)35(24(22)18-7-8-19(29)20(30)16-18)28(39)34(40)13-5-12-33-14-9-17(10-15-33)21-6-3-4-11-31-21;5-1(3(7)8)2(6)4(9)10/h3-4,6-8,11,16-17,24,40H,5,9-10,12-15H2,1-2H3,(H,32,38);1-2,5-6H,(H,7,8)(H,9,10). The lowest BCUT2D eigenvalue weighted by Crippen LogP contribution is -2.56. The number of aliphatic hydroxyl groups is 2.